The van der Waals surface area contributed by atoms with Crippen LogP contribution in [0.2, 0.25) is 0 Å². The minimum absolute atomic E-state index is 0.157. The van der Waals surface area contributed by atoms with Crippen molar-refractivity contribution < 1.29 is 14.0 Å². The van der Waals surface area contributed by atoms with Crippen LogP contribution in [0.25, 0.3) is 0 Å². The van der Waals surface area contributed by atoms with E-state index in [9.17, 15) is 0 Å². The van der Waals surface area contributed by atoms with Gasteiger partial charge in [0.15, 0.2) is 5.82 Å². The highest BCUT2D eigenvalue weighted by Gasteiger charge is 2.32. The molecule has 1 N–H and O–H groups in total. The van der Waals surface area contributed by atoms with Gasteiger partial charge in [0.05, 0.1) is 19.1 Å². The maximum Gasteiger partial charge on any atom is 0.233 e. The highest BCUT2D eigenvalue weighted by atomic mass is 16.5. The maximum atomic E-state index is 5.53. The number of likely N-dealkylation sites (N-methyl/N-ethyl adjacent to an activating group) is 1. The summed E-state index contributed by atoms with van der Waals surface area (Å²) in [7, 11) is 1.97. The first-order valence-corrected chi connectivity index (χ1v) is 7.04. The Bertz CT molecular complexity index is 404. The lowest BCUT2D eigenvalue weighted by atomic mass is 9.95. The van der Waals surface area contributed by atoms with Gasteiger partial charge in [-0.2, -0.15) is 4.98 Å². The van der Waals surface area contributed by atoms with E-state index in [2.05, 4.69) is 15.5 Å². The molecule has 6 nitrogen and oxygen atoms in total. The Labute approximate surface area is 112 Å². The van der Waals surface area contributed by atoms with Gasteiger partial charge in [0.2, 0.25) is 5.89 Å². The molecule has 2 fully saturated rings. The second-order valence-corrected chi connectivity index (χ2v) is 5.27. The van der Waals surface area contributed by atoms with Crippen LogP contribution in [0.3, 0.4) is 0 Å². The zero-order valence-corrected chi connectivity index (χ0v) is 11.3. The molecule has 6 heteroatoms. The molecule has 0 amide bonds. The van der Waals surface area contributed by atoms with Crippen molar-refractivity contribution in [2.75, 3.05) is 33.5 Å². The first-order chi connectivity index (χ1) is 9.38. The van der Waals surface area contributed by atoms with E-state index in [4.69, 9.17) is 14.0 Å². The summed E-state index contributed by atoms with van der Waals surface area (Å²) in [4.78, 5) is 4.58. The molecule has 2 saturated heterocycles. The summed E-state index contributed by atoms with van der Waals surface area (Å²) in [5.74, 6) is 1.92. The normalized spacial score (nSPS) is 32.4. The average Bonchev–Trinajstić information content (AvgIpc) is 2.98. The summed E-state index contributed by atoms with van der Waals surface area (Å²) in [5, 5.41) is 7.44. The standard InChI is InChI=1S/C13H21N3O3/c1-14-11-4-6-18-8-10(11)13-15-12(16-19-13)9-3-2-5-17-7-9/h9-11,14H,2-8H2,1H3. The van der Waals surface area contributed by atoms with Crippen molar-refractivity contribution in [3.05, 3.63) is 11.7 Å². The van der Waals surface area contributed by atoms with Crippen molar-refractivity contribution in [3.8, 4) is 0 Å². The summed E-state index contributed by atoms with van der Waals surface area (Å²) in [5.41, 5.74) is 0. The minimum Gasteiger partial charge on any atom is -0.381 e. The Morgan fingerprint density at radius 2 is 2.05 bits per heavy atom. The van der Waals surface area contributed by atoms with Crippen molar-refractivity contribution in [3.63, 3.8) is 0 Å². The number of aromatic nitrogens is 2. The van der Waals surface area contributed by atoms with Crippen molar-refractivity contribution in [1.29, 1.82) is 0 Å². The van der Waals surface area contributed by atoms with E-state index in [-0.39, 0.29) is 11.8 Å². The summed E-state index contributed by atoms with van der Waals surface area (Å²) in [6.45, 7) is 2.99. The Kier molecular flexibility index (Phi) is 4.10. The second-order valence-electron chi connectivity index (χ2n) is 5.27. The van der Waals surface area contributed by atoms with Gasteiger partial charge in [-0.15, -0.1) is 0 Å². The van der Waals surface area contributed by atoms with Crippen LogP contribution in [0.15, 0.2) is 4.52 Å². The fourth-order valence-corrected chi connectivity index (χ4v) is 2.83. The van der Waals surface area contributed by atoms with E-state index in [0.717, 1.165) is 38.3 Å². The predicted molar refractivity (Wildman–Crippen MR) is 68.1 cm³/mol. The van der Waals surface area contributed by atoms with Crippen LogP contribution < -0.4 is 5.32 Å². The van der Waals surface area contributed by atoms with Gasteiger partial charge in [0, 0.05) is 25.2 Å². The lowest BCUT2D eigenvalue weighted by Crippen LogP contribution is -2.39. The van der Waals surface area contributed by atoms with Crippen LogP contribution in [0.1, 0.15) is 42.8 Å². The molecule has 0 aromatic carbocycles. The third-order valence-corrected chi connectivity index (χ3v) is 4.03. The lowest BCUT2D eigenvalue weighted by molar-refractivity contribution is 0.0516. The van der Waals surface area contributed by atoms with E-state index in [1.807, 2.05) is 7.05 Å². The number of nitrogens with zero attached hydrogens (tertiary/aromatic N) is 2. The highest BCUT2D eigenvalue weighted by molar-refractivity contribution is 5.04. The fourth-order valence-electron chi connectivity index (χ4n) is 2.83. The van der Waals surface area contributed by atoms with E-state index < -0.39 is 0 Å². The van der Waals surface area contributed by atoms with E-state index in [1.165, 1.54) is 0 Å². The van der Waals surface area contributed by atoms with Crippen molar-refractivity contribution in [1.82, 2.24) is 15.5 Å². The van der Waals surface area contributed by atoms with Gasteiger partial charge in [0.25, 0.3) is 0 Å². The first-order valence-electron chi connectivity index (χ1n) is 7.04. The number of hydrogen-bond donors (Lipinski definition) is 1. The molecule has 0 bridgehead atoms. The van der Waals surface area contributed by atoms with Gasteiger partial charge in [-0.05, 0) is 26.3 Å². The first kappa shape index (κ1) is 13.0. The van der Waals surface area contributed by atoms with Crippen molar-refractivity contribution in [2.45, 2.75) is 37.1 Å². The van der Waals surface area contributed by atoms with Crippen LogP contribution in [-0.2, 0) is 9.47 Å². The van der Waals surface area contributed by atoms with Gasteiger partial charge in [0.1, 0.15) is 0 Å². The molecule has 0 radical (unpaired) electrons. The van der Waals surface area contributed by atoms with Gasteiger partial charge >= 0.3 is 0 Å². The van der Waals surface area contributed by atoms with Gasteiger partial charge in [-0.3, -0.25) is 0 Å². The molecule has 19 heavy (non-hydrogen) atoms. The minimum atomic E-state index is 0.157. The van der Waals surface area contributed by atoms with E-state index in [0.29, 0.717) is 25.1 Å². The molecule has 2 aliphatic heterocycles. The molecule has 3 heterocycles. The molecule has 0 aliphatic carbocycles. The van der Waals surface area contributed by atoms with Crippen LogP contribution in [0.4, 0.5) is 0 Å². The molecule has 0 spiro atoms. The molecule has 1 aromatic heterocycles. The molecule has 0 saturated carbocycles. The zero-order valence-electron chi connectivity index (χ0n) is 11.3. The fraction of sp³-hybridized carbons (Fsp3) is 0.846. The predicted octanol–water partition coefficient (Wildman–Crippen LogP) is 1.06. The summed E-state index contributed by atoms with van der Waals surface area (Å²) in [6.07, 6.45) is 3.13. The quantitative estimate of drug-likeness (QED) is 0.883. The molecular formula is C13H21N3O3. The summed E-state index contributed by atoms with van der Waals surface area (Å²) < 4.78 is 16.5. The van der Waals surface area contributed by atoms with E-state index in [1.54, 1.807) is 0 Å². The van der Waals surface area contributed by atoms with Crippen LogP contribution >= 0.6 is 0 Å². The smallest absolute Gasteiger partial charge is 0.233 e. The summed E-state index contributed by atoms with van der Waals surface area (Å²) in [6, 6.07) is 0.352. The van der Waals surface area contributed by atoms with Crippen molar-refractivity contribution in [2.24, 2.45) is 0 Å². The highest BCUT2D eigenvalue weighted by Crippen LogP contribution is 2.28. The van der Waals surface area contributed by atoms with Crippen LogP contribution in [0.5, 0.6) is 0 Å². The molecule has 1 aromatic rings. The van der Waals surface area contributed by atoms with Crippen LogP contribution in [0, 0.1) is 0 Å². The van der Waals surface area contributed by atoms with Gasteiger partial charge in [-0.25, -0.2) is 0 Å². The monoisotopic (exact) mass is 267 g/mol. The molecule has 3 rings (SSSR count). The Morgan fingerprint density at radius 3 is 2.84 bits per heavy atom. The largest absolute Gasteiger partial charge is 0.381 e. The summed E-state index contributed by atoms with van der Waals surface area (Å²) >= 11 is 0. The second kappa shape index (κ2) is 5.98. The molecule has 3 atom stereocenters. The van der Waals surface area contributed by atoms with Gasteiger partial charge in [-0.1, -0.05) is 5.16 Å². The third kappa shape index (κ3) is 2.80. The molecular weight excluding hydrogens is 246 g/mol. The number of ether oxygens (including phenoxy) is 2. The molecule has 106 valence electrons. The average molecular weight is 267 g/mol. The SMILES string of the molecule is CNC1CCOCC1c1nc(C2CCCOC2)no1. The van der Waals surface area contributed by atoms with Crippen molar-refractivity contribution >= 4 is 0 Å². The topological polar surface area (TPSA) is 69.4 Å². The van der Waals surface area contributed by atoms with Crippen LogP contribution in [-0.4, -0.2) is 49.7 Å². The number of nitrogens with one attached hydrogen (secondary N) is 1. The van der Waals surface area contributed by atoms with Gasteiger partial charge < -0.3 is 19.3 Å². The number of rotatable bonds is 3. The molecule has 2 aliphatic rings. The third-order valence-electron chi connectivity index (χ3n) is 4.03. The maximum absolute atomic E-state index is 5.53. The number of hydrogen-bond acceptors (Lipinski definition) is 6. The molecule has 3 unspecified atom stereocenters. The Hall–Kier alpha value is -0.980. The Morgan fingerprint density at radius 1 is 1.16 bits per heavy atom. The lowest BCUT2D eigenvalue weighted by Gasteiger charge is -2.28. The van der Waals surface area contributed by atoms with E-state index >= 15 is 0 Å². The Balaban J connectivity index is 1.72. The zero-order chi connectivity index (χ0) is 13.1.